The molecule has 2 N–H and O–H groups in total. The molecule has 2 fully saturated rings. The van der Waals surface area contributed by atoms with Crippen molar-refractivity contribution in [2.45, 2.75) is 69.1 Å². The van der Waals surface area contributed by atoms with Crippen LogP contribution in [-0.4, -0.2) is 47.8 Å². The zero-order valence-corrected chi connectivity index (χ0v) is 21.6. The lowest BCUT2D eigenvalue weighted by Gasteiger charge is -2.37. The molecular weight excluding hydrogens is 462 g/mol. The molecule has 5 atom stereocenters. The van der Waals surface area contributed by atoms with E-state index in [0.717, 1.165) is 5.56 Å². The maximum Gasteiger partial charge on any atom is 0.226 e. The van der Waals surface area contributed by atoms with Crippen molar-refractivity contribution in [2.24, 2.45) is 0 Å². The number of rotatable bonds is 5. The molecule has 3 aromatic rings. The number of fused-ring (bicyclic) bond motifs is 2. The molecule has 0 bridgehead atoms. The Hall–Kier alpha value is -2.81. The molecule has 2 aliphatic rings. The van der Waals surface area contributed by atoms with E-state index in [0.29, 0.717) is 23.6 Å². The largest absolute Gasteiger partial charge is 0.414 e. The van der Waals surface area contributed by atoms with Gasteiger partial charge < -0.3 is 24.4 Å². The van der Waals surface area contributed by atoms with Gasteiger partial charge in [-0.1, -0.05) is 51.1 Å². The summed E-state index contributed by atoms with van der Waals surface area (Å²) in [7, 11) is -2.07. The first-order chi connectivity index (χ1) is 16.6. The van der Waals surface area contributed by atoms with Gasteiger partial charge in [0.1, 0.15) is 36.2 Å². The first kappa shape index (κ1) is 23.9. The third-order valence-corrected chi connectivity index (χ3v) is 12.0. The van der Waals surface area contributed by atoms with Crippen LogP contribution in [0.3, 0.4) is 0 Å². The summed E-state index contributed by atoms with van der Waals surface area (Å²) >= 11 is 0. The fourth-order valence-corrected chi connectivity index (χ4v) is 5.44. The van der Waals surface area contributed by atoms with Crippen LogP contribution in [0.25, 0.3) is 5.52 Å². The van der Waals surface area contributed by atoms with Crippen LogP contribution in [-0.2, 0) is 24.2 Å². The van der Waals surface area contributed by atoms with E-state index in [1.54, 1.807) is 16.6 Å². The molecule has 0 aliphatic carbocycles. The number of nitrogens with two attached hydrogens (primary N) is 1. The minimum Gasteiger partial charge on any atom is -0.414 e. The first-order valence-electron chi connectivity index (χ1n) is 11.7. The second-order valence-corrected chi connectivity index (χ2v) is 15.4. The second-order valence-electron chi connectivity index (χ2n) is 10.6. The Kier molecular flexibility index (Phi) is 5.73. The van der Waals surface area contributed by atoms with Crippen molar-refractivity contribution in [1.29, 1.82) is 5.26 Å². The molecule has 0 spiro atoms. The Morgan fingerprint density at radius 3 is 2.60 bits per heavy atom. The minimum absolute atomic E-state index is 0.0309. The average Bonchev–Trinajstić information content (AvgIpc) is 3.52. The summed E-state index contributed by atoms with van der Waals surface area (Å²) in [6.45, 7) is 11.2. The van der Waals surface area contributed by atoms with E-state index >= 15 is 0 Å². The number of anilines is 1. The Balaban J connectivity index is 1.54. The van der Waals surface area contributed by atoms with Crippen molar-refractivity contribution in [3.8, 4) is 6.07 Å². The third-order valence-electron chi connectivity index (χ3n) is 7.47. The molecular formula is C25H31N5O4Si. The van der Waals surface area contributed by atoms with Gasteiger partial charge in [0.05, 0.1) is 12.3 Å². The van der Waals surface area contributed by atoms with Crippen molar-refractivity contribution >= 4 is 19.7 Å². The van der Waals surface area contributed by atoms with Crippen molar-refractivity contribution in [2.75, 3.05) is 12.3 Å². The topological polar surface area (TPSA) is 117 Å². The molecule has 2 unspecified atom stereocenters. The summed E-state index contributed by atoms with van der Waals surface area (Å²) < 4.78 is 27.4. The van der Waals surface area contributed by atoms with Crippen LogP contribution in [0, 0.1) is 11.3 Å². The molecule has 2 saturated heterocycles. The van der Waals surface area contributed by atoms with Gasteiger partial charge in [0.25, 0.3) is 0 Å². The van der Waals surface area contributed by atoms with Crippen LogP contribution in [0.15, 0.2) is 48.8 Å². The summed E-state index contributed by atoms with van der Waals surface area (Å²) in [5.41, 5.74) is 6.58. The highest BCUT2D eigenvalue weighted by molar-refractivity contribution is 6.74. The third kappa shape index (κ3) is 3.84. The lowest BCUT2D eigenvalue weighted by molar-refractivity contribution is -0.159. The number of hydrogen-bond donors (Lipinski definition) is 1. The molecule has 1 aromatic carbocycles. The summed E-state index contributed by atoms with van der Waals surface area (Å²) in [6, 6.07) is 15.7. The lowest BCUT2D eigenvalue weighted by atomic mass is 9.92. The summed E-state index contributed by atoms with van der Waals surface area (Å²) in [5, 5.41) is 14.9. The van der Waals surface area contributed by atoms with Crippen LogP contribution in [0.1, 0.15) is 38.3 Å². The van der Waals surface area contributed by atoms with E-state index in [-0.39, 0.29) is 5.04 Å². The molecule has 0 saturated carbocycles. The molecule has 10 heteroatoms. The van der Waals surface area contributed by atoms with Crippen LogP contribution < -0.4 is 5.73 Å². The smallest absolute Gasteiger partial charge is 0.226 e. The van der Waals surface area contributed by atoms with Crippen LogP contribution >= 0.6 is 0 Å². The molecule has 2 aliphatic heterocycles. The standard InChI is InChI=1S/C25H31N5O4Si/c1-24(2,3)35(4,5)31-13-18-20-21(33-23(32-20)16-9-7-6-8-10-16)25(14-26,34-18)19-12-11-17-22(27)28-15-29-30(17)19/h6-12,15,18,20-21,23H,13H2,1-5H3,(H2,27,28,29)/t18-,20-,21-,23?,25?/m1/s1. The average molecular weight is 494 g/mol. The quantitative estimate of drug-likeness (QED) is 0.531. The fraction of sp³-hybridized carbons (Fsp3) is 0.480. The van der Waals surface area contributed by atoms with E-state index in [2.05, 4.69) is 50.0 Å². The molecule has 5 rings (SSSR count). The summed E-state index contributed by atoms with van der Waals surface area (Å²) in [5.74, 6) is 0.317. The van der Waals surface area contributed by atoms with Gasteiger partial charge in [0, 0.05) is 5.56 Å². The highest BCUT2D eigenvalue weighted by atomic mass is 28.4. The Bertz CT molecular complexity index is 1270. The minimum atomic E-state index is -2.07. The van der Waals surface area contributed by atoms with Crippen molar-refractivity contribution in [3.05, 3.63) is 60.0 Å². The Labute approximate surface area is 205 Å². The predicted molar refractivity (Wildman–Crippen MR) is 132 cm³/mol. The number of benzene rings is 1. The SMILES string of the molecule is CC(C)(C)[Si](C)(C)OC[C@H]1OC(C#N)(c2ccc3c(N)ncnn23)[C@@H]2OC(c3ccccc3)O[C@@H]21. The predicted octanol–water partition coefficient (Wildman–Crippen LogP) is 3.93. The Morgan fingerprint density at radius 2 is 1.91 bits per heavy atom. The van der Waals surface area contributed by atoms with Gasteiger partial charge in [-0.3, -0.25) is 0 Å². The number of ether oxygens (including phenoxy) is 3. The van der Waals surface area contributed by atoms with E-state index in [1.165, 1.54) is 6.33 Å². The van der Waals surface area contributed by atoms with Gasteiger partial charge in [-0.2, -0.15) is 10.4 Å². The molecule has 184 valence electrons. The number of nitriles is 1. The van der Waals surface area contributed by atoms with E-state index in [9.17, 15) is 5.26 Å². The van der Waals surface area contributed by atoms with E-state index in [4.69, 9.17) is 24.4 Å². The fourth-order valence-electron chi connectivity index (χ4n) is 4.43. The molecule has 0 radical (unpaired) electrons. The van der Waals surface area contributed by atoms with Gasteiger partial charge in [-0.15, -0.1) is 0 Å². The van der Waals surface area contributed by atoms with Crippen molar-refractivity contribution in [1.82, 2.24) is 14.6 Å². The number of hydrogen-bond acceptors (Lipinski definition) is 8. The van der Waals surface area contributed by atoms with Gasteiger partial charge in [-0.25, -0.2) is 9.50 Å². The molecule has 4 heterocycles. The van der Waals surface area contributed by atoms with Gasteiger partial charge in [-0.05, 0) is 30.3 Å². The molecule has 0 amide bonds. The van der Waals surface area contributed by atoms with Gasteiger partial charge in [0.2, 0.25) is 5.60 Å². The lowest BCUT2D eigenvalue weighted by Crippen LogP contribution is -2.44. The molecule has 2 aromatic heterocycles. The van der Waals surface area contributed by atoms with E-state index < -0.39 is 38.5 Å². The van der Waals surface area contributed by atoms with Gasteiger partial charge >= 0.3 is 0 Å². The molecule has 9 nitrogen and oxygen atoms in total. The van der Waals surface area contributed by atoms with Gasteiger partial charge in [0.15, 0.2) is 20.4 Å². The summed E-state index contributed by atoms with van der Waals surface area (Å²) in [4.78, 5) is 4.06. The number of nitrogen functional groups attached to an aromatic ring is 1. The maximum atomic E-state index is 10.6. The Morgan fingerprint density at radius 1 is 1.17 bits per heavy atom. The summed E-state index contributed by atoms with van der Waals surface area (Å²) in [6.07, 6.45) is -0.967. The van der Waals surface area contributed by atoms with Crippen molar-refractivity contribution < 1.29 is 18.6 Å². The van der Waals surface area contributed by atoms with Crippen LogP contribution in [0.5, 0.6) is 0 Å². The monoisotopic (exact) mass is 493 g/mol. The van der Waals surface area contributed by atoms with Crippen LogP contribution in [0.4, 0.5) is 5.82 Å². The second kappa shape index (κ2) is 8.39. The van der Waals surface area contributed by atoms with Crippen molar-refractivity contribution in [3.63, 3.8) is 0 Å². The normalized spacial score (nSPS) is 28.8. The highest BCUT2D eigenvalue weighted by Crippen LogP contribution is 2.50. The zero-order chi connectivity index (χ0) is 25.0. The number of nitrogens with zero attached hydrogens (tertiary/aromatic N) is 4. The number of aromatic nitrogens is 3. The maximum absolute atomic E-state index is 10.6. The zero-order valence-electron chi connectivity index (χ0n) is 20.6. The first-order valence-corrected chi connectivity index (χ1v) is 14.7. The molecule has 35 heavy (non-hydrogen) atoms. The van der Waals surface area contributed by atoms with Crippen LogP contribution in [0.2, 0.25) is 18.1 Å². The highest BCUT2D eigenvalue weighted by Gasteiger charge is 2.64. The van der Waals surface area contributed by atoms with E-state index in [1.807, 2.05) is 30.3 Å².